The molecule has 0 atom stereocenters. The molecule has 0 amide bonds. The van der Waals surface area contributed by atoms with Gasteiger partial charge in [0.25, 0.3) is 0 Å². The molecule has 0 N–H and O–H groups in total. The smallest absolute Gasteiger partial charge is 0.131 e. The number of rotatable bonds is 3. The molecular formula is C9H13ClN2S. The lowest BCUT2D eigenvalue weighted by atomic mass is 10.2. The predicted molar refractivity (Wildman–Crippen MR) is 59.1 cm³/mol. The van der Waals surface area contributed by atoms with Gasteiger partial charge in [-0.2, -0.15) is 0 Å². The number of pyridine rings is 1. The summed E-state index contributed by atoms with van der Waals surface area (Å²) in [7, 11) is 0. The predicted octanol–water partition coefficient (Wildman–Crippen LogP) is 2.71. The molecule has 0 spiro atoms. The van der Waals surface area contributed by atoms with Gasteiger partial charge < -0.3 is 0 Å². The number of aryl methyl sites for hydroxylation is 1. The normalized spacial score (nSPS) is 10.8. The van der Waals surface area contributed by atoms with Crippen LogP contribution in [0.5, 0.6) is 0 Å². The number of aromatic nitrogens is 1. The van der Waals surface area contributed by atoms with Gasteiger partial charge in [0.05, 0.1) is 0 Å². The van der Waals surface area contributed by atoms with E-state index in [9.17, 15) is 0 Å². The van der Waals surface area contributed by atoms with Crippen molar-refractivity contribution in [1.29, 1.82) is 0 Å². The van der Waals surface area contributed by atoms with E-state index in [2.05, 4.69) is 24.7 Å². The summed E-state index contributed by atoms with van der Waals surface area (Å²) >= 11 is 10.1. The number of hydrogen-bond acceptors (Lipinski definition) is 3. The Hall–Kier alpha value is -0.250. The van der Waals surface area contributed by atoms with Crippen LogP contribution >= 0.6 is 24.4 Å². The maximum atomic E-state index is 5.81. The lowest BCUT2D eigenvalue weighted by Crippen LogP contribution is -2.10. The fraction of sp³-hybridized carbons (Fsp3) is 0.444. The molecule has 0 radical (unpaired) electrons. The van der Waals surface area contributed by atoms with E-state index in [0.29, 0.717) is 5.15 Å². The molecule has 0 aliphatic heterocycles. The highest BCUT2D eigenvalue weighted by atomic mass is 35.5. The van der Waals surface area contributed by atoms with E-state index in [1.54, 1.807) is 6.20 Å². The minimum Gasteiger partial charge on any atom is -0.249 e. The van der Waals surface area contributed by atoms with Gasteiger partial charge in [-0.15, -0.1) is 0 Å². The van der Waals surface area contributed by atoms with Crippen molar-refractivity contribution in [3.63, 3.8) is 0 Å². The molecule has 2 nitrogen and oxygen atoms in total. The SMILES string of the molecule is CCN(S)Cc1cnc(Cl)c(C)c1. The summed E-state index contributed by atoms with van der Waals surface area (Å²) in [5.74, 6) is 0. The molecule has 0 saturated heterocycles. The second-order valence-electron chi connectivity index (χ2n) is 2.93. The van der Waals surface area contributed by atoms with Crippen LogP contribution in [-0.2, 0) is 6.54 Å². The Labute approximate surface area is 89.5 Å². The lowest BCUT2D eigenvalue weighted by Gasteiger charge is -2.12. The number of hydrogen-bond donors (Lipinski definition) is 1. The second kappa shape index (κ2) is 4.84. The third kappa shape index (κ3) is 3.18. The van der Waals surface area contributed by atoms with Crippen molar-refractivity contribution in [3.8, 4) is 0 Å². The Morgan fingerprint density at radius 2 is 2.31 bits per heavy atom. The quantitative estimate of drug-likeness (QED) is 0.618. The van der Waals surface area contributed by atoms with Crippen LogP contribution < -0.4 is 0 Å². The highest BCUT2D eigenvalue weighted by molar-refractivity contribution is 7.77. The van der Waals surface area contributed by atoms with Gasteiger partial charge in [0.2, 0.25) is 0 Å². The van der Waals surface area contributed by atoms with Gasteiger partial charge in [0.15, 0.2) is 0 Å². The van der Waals surface area contributed by atoms with Gasteiger partial charge in [0, 0.05) is 19.3 Å². The highest BCUT2D eigenvalue weighted by Gasteiger charge is 2.01. The first-order chi connectivity index (χ1) is 6.13. The van der Waals surface area contributed by atoms with E-state index in [1.165, 1.54) is 0 Å². The molecule has 0 bridgehead atoms. The van der Waals surface area contributed by atoms with Crippen molar-refractivity contribution < 1.29 is 0 Å². The molecule has 0 saturated carbocycles. The number of halogens is 1. The van der Waals surface area contributed by atoms with E-state index in [0.717, 1.165) is 24.2 Å². The Kier molecular flexibility index (Phi) is 4.03. The van der Waals surface area contributed by atoms with Gasteiger partial charge >= 0.3 is 0 Å². The van der Waals surface area contributed by atoms with Crippen LogP contribution in [0.25, 0.3) is 0 Å². The van der Waals surface area contributed by atoms with Crippen molar-refractivity contribution in [3.05, 3.63) is 28.5 Å². The summed E-state index contributed by atoms with van der Waals surface area (Å²) in [5, 5.41) is 0.575. The Bertz CT molecular complexity index is 291. The van der Waals surface area contributed by atoms with Gasteiger partial charge in [0.1, 0.15) is 5.15 Å². The number of nitrogens with zero attached hydrogens (tertiary/aromatic N) is 2. The maximum Gasteiger partial charge on any atom is 0.131 e. The zero-order chi connectivity index (χ0) is 9.84. The molecule has 0 aliphatic rings. The van der Waals surface area contributed by atoms with Crippen molar-refractivity contribution in [2.24, 2.45) is 0 Å². The van der Waals surface area contributed by atoms with E-state index >= 15 is 0 Å². The average molecular weight is 217 g/mol. The Morgan fingerprint density at radius 3 is 2.85 bits per heavy atom. The molecule has 1 heterocycles. The minimum atomic E-state index is 0.575. The first-order valence-electron chi connectivity index (χ1n) is 4.18. The van der Waals surface area contributed by atoms with Crippen LogP contribution in [0.1, 0.15) is 18.1 Å². The number of thiol groups is 1. The van der Waals surface area contributed by atoms with E-state index in [1.807, 2.05) is 17.3 Å². The summed E-state index contributed by atoms with van der Waals surface area (Å²) in [4.78, 5) is 4.07. The molecule has 1 aromatic heterocycles. The van der Waals surface area contributed by atoms with Crippen LogP contribution in [0, 0.1) is 6.92 Å². The van der Waals surface area contributed by atoms with Crippen molar-refractivity contribution in [1.82, 2.24) is 9.29 Å². The lowest BCUT2D eigenvalue weighted by molar-refractivity contribution is 0.498. The first kappa shape index (κ1) is 10.8. The molecule has 72 valence electrons. The first-order valence-corrected chi connectivity index (χ1v) is 4.96. The van der Waals surface area contributed by atoms with Gasteiger partial charge in [-0.25, -0.2) is 9.29 Å². The van der Waals surface area contributed by atoms with E-state index in [-0.39, 0.29) is 0 Å². The zero-order valence-corrected chi connectivity index (χ0v) is 9.44. The van der Waals surface area contributed by atoms with Crippen LogP contribution in [0.4, 0.5) is 0 Å². The minimum absolute atomic E-state index is 0.575. The highest BCUT2D eigenvalue weighted by Crippen LogP contribution is 2.14. The van der Waals surface area contributed by atoms with Crippen LogP contribution in [0.2, 0.25) is 5.15 Å². The summed E-state index contributed by atoms with van der Waals surface area (Å²) in [6.07, 6.45) is 1.79. The fourth-order valence-corrected chi connectivity index (χ4v) is 1.29. The van der Waals surface area contributed by atoms with Crippen molar-refractivity contribution in [2.75, 3.05) is 6.54 Å². The van der Waals surface area contributed by atoms with Crippen LogP contribution in [0.3, 0.4) is 0 Å². The summed E-state index contributed by atoms with van der Waals surface area (Å²) < 4.78 is 1.92. The van der Waals surface area contributed by atoms with Crippen molar-refractivity contribution >= 4 is 24.4 Å². The standard InChI is InChI=1S/C9H13ClN2S/c1-3-12(13)6-8-4-7(2)9(10)11-5-8/h4-5,13H,3,6H2,1-2H3. The molecular weight excluding hydrogens is 204 g/mol. The molecule has 13 heavy (non-hydrogen) atoms. The molecule has 0 fully saturated rings. The monoisotopic (exact) mass is 216 g/mol. The van der Waals surface area contributed by atoms with Crippen molar-refractivity contribution in [2.45, 2.75) is 20.4 Å². The molecule has 1 rings (SSSR count). The maximum absolute atomic E-state index is 5.81. The van der Waals surface area contributed by atoms with Crippen LogP contribution in [-0.4, -0.2) is 15.8 Å². The molecule has 1 aromatic rings. The molecule has 0 aliphatic carbocycles. The Balaban J connectivity index is 2.73. The second-order valence-corrected chi connectivity index (χ2v) is 3.86. The third-order valence-electron chi connectivity index (χ3n) is 1.80. The Morgan fingerprint density at radius 1 is 1.62 bits per heavy atom. The zero-order valence-electron chi connectivity index (χ0n) is 7.79. The summed E-state index contributed by atoms with van der Waals surface area (Å²) in [6.45, 7) is 5.71. The summed E-state index contributed by atoms with van der Waals surface area (Å²) in [5.41, 5.74) is 2.15. The van der Waals surface area contributed by atoms with E-state index < -0.39 is 0 Å². The van der Waals surface area contributed by atoms with Gasteiger partial charge in [-0.05, 0) is 18.1 Å². The summed E-state index contributed by atoms with van der Waals surface area (Å²) in [6, 6.07) is 2.04. The molecule has 4 heteroatoms. The topological polar surface area (TPSA) is 16.1 Å². The van der Waals surface area contributed by atoms with E-state index in [4.69, 9.17) is 11.6 Å². The largest absolute Gasteiger partial charge is 0.249 e. The van der Waals surface area contributed by atoms with Gasteiger partial charge in [-0.1, -0.05) is 37.4 Å². The van der Waals surface area contributed by atoms with Crippen LogP contribution in [0.15, 0.2) is 12.3 Å². The third-order valence-corrected chi connectivity index (χ3v) is 2.62. The van der Waals surface area contributed by atoms with Gasteiger partial charge in [-0.3, -0.25) is 0 Å². The molecule has 0 unspecified atom stereocenters. The average Bonchev–Trinajstić information content (AvgIpc) is 2.11. The molecule has 0 aromatic carbocycles. The fourth-order valence-electron chi connectivity index (χ4n) is 1.03.